The van der Waals surface area contributed by atoms with Gasteiger partial charge in [-0.25, -0.2) is 9.78 Å². The number of H-pyrrole nitrogens is 1. The summed E-state index contributed by atoms with van der Waals surface area (Å²) < 4.78 is 9.33. The van der Waals surface area contributed by atoms with Crippen molar-refractivity contribution in [3.63, 3.8) is 0 Å². The molecule has 15 heavy (non-hydrogen) atoms. The van der Waals surface area contributed by atoms with Crippen molar-refractivity contribution < 1.29 is 14.3 Å². The average Bonchev–Trinajstić information content (AvgIpc) is 2.64. The van der Waals surface area contributed by atoms with Crippen molar-refractivity contribution in [2.45, 2.75) is 19.2 Å². The number of carbonyl (C=O) groups excluding carboxylic acids is 1. The molecule has 1 aliphatic heterocycles. The molecule has 0 radical (unpaired) electrons. The average molecular weight is 234 g/mol. The molecule has 1 aromatic heterocycles. The summed E-state index contributed by atoms with van der Waals surface area (Å²) in [6.07, 6.45) is 1.17. The molecule has 0 saturated heterocycles. The molecule has 0 amide bonds. The minimum Gasteiger partial charge on any atom is -0.438 e. The van der Waals surface area contributed by atoms with Crippen LogP contribution in [-0.4, -0.2) is 29.5 Å². The minimum absolute atomic E-state index is 0. The van der Waals surface area contributed by atoms with Crippen molar-refractivity contribution in [1.82, 2.24) is 15.3 Å². The lowest BCUT2D eigenvalue weighted by molar-refractivity contribution is 0.0199. The Morgan fingerprint density at radius 1 is 1.67 bits per heavy atom. The smallest absolute Gasteiger partial charge is 0.438 e. The Kier molecular flexibility index (Phi) is 3.93. The lowest BCUT2D eigenvalue weighted by Crippen LogP contribution is -2.39. The molecule has 6 nitrogen and oxygen atoms in total. The fourth-order valence-electron chi connectivity index (χ4n) is 1.39. The summed E-state index contributed by atoms with van der Waals surface area (Å²) in [5.41, 5.74) is 1.97. The summed E-state index contributed by atoms with van der Waals surface area (Å²) in [5.74, 6) is 0. The van der Waals surface area contributed by atoms with Gasteiger partial charge in [0.05, 0.1) is 24.8 Å². The van der Waals surface area contributed by atoms with Gasteiger partial charge in [0.15, 0.2) is 6.23 Å². The lowest BCUT2D eigenvalue weighted by atomic mass is 10.1. The maximum atomic E-state index is 10.8. The Hall–Kier alpha value is -1.27. The molecule has 84 valence electrons. The number of nitrogens with zero attached hydrogens (tertiary/aromatic N) is 1. The number of methoxy groups -OCH3 is 1. The van der Waals surface area contributed by atoms with Crippen LogP contribution in [0.4, 0.5) is 4.79 Å². The van der Waals surface area contributed by atoms with Gasteiger partial charge in [-0.2, -0.15) is 0 Å². The van der Waals surface area contributed by atoms with E-state index >= 15 is 0 Å². The van der Waals surface area contributed by atoms with Gasteiger partial charge in [0.25, 0.3) is 0 Å². The van der Waals surface area contributed by atoms with E-state index in [1.54, 1.807) is 6.33 Å². The van der Waals surface area contributed by atoms with Crippen molar-refractivity contribution in [3.05, 3.63) is 17.7 Å². The van der Waals surface area contributed by atoms with E-state index in [2.05, 4.69) is 20.0 Å². The maximum Gasteiger partial charge on any atom is 0.509 e. The van der Waals surface area contributed by atoms with Crippen molar-refractivity contribution in [1.29, 1.82) is 0 Å². The van der Waals surface area contributed by atoms with Gasteiger partial charge in [-0.3, -0.25) is 5.32 Å². The van der Waals surface area contributed by atoms with Crippen molar-refractivity contribution in [2.24, 2.45) is 0 Å². The van der Waals surface area contributed by atoms with Crippen LogP contribution in [0, 0.1) is 0 Å². The first-order chi connectivity index (χ1) is 6.79. The van der Waals surface area contributed by atoms with Gasteiger partial charge in [-0.05, 0) is 0 Å². The van der Waals surface area contributed by atoms with Gasteiger partial charge in [-0.1, -0.05) is 0 Å². The molecule has 2 N–H and O–H groups in total. The Morgan fingerprint density at radius 2 is 2.47 bits per heavy atom. The van der Waals surface area contributed by atoms with E-state index in [0.717, 1.165) is 11.4 Å². The number of rotatable bonds is 1. The molecule has 0 unspecified atom stereocenters. The number of nitrogens with one attached hydrogen (secondary N) is 2. The molecule has 1 aromatic rings. The number of aromatic nitrogens is 2. The highest BCUT2D eigenvalue weighted by atomic mass is 35.5. The van der Waals surface area contributed by atoms with Crippen molar-refractivity contribution in [2.75, 3.05) is 7.11 Å². The number of carbonyl (C=O) groups is 1. The molecular formula is C8H12ClN3O3. The largest absolute Gasteiger partial charge is 0.509 e. The van der Waals surface area contributed by atoms with Crippen LogP contribution in [0.3, 0.4) is 0 Å². The maximum absolute atomic E-state index is 10.8. The van der Waals surface area contributed by atoms with Gasteiger partial charge >= 0.3 is 6.16 Å². The van der Waals surface area contributed by atoms with E-state index in [-0.39, 0.29) is 18.6 Å². The highest BCUT2D eigenvalue weighted by Gasteiger charge is 2.22. The topological polar surface area (TPSA) is 76.2 Å². The minimum atomic E-state index is -0.679. The standard InChI is InChI=1S/C8H11N3O3.ClH/c1-13-8(12)14-7-2-5-6(3-9-7)11-4-10-5;/h4,7,9H,2-3H2,1H3,(H,10,11);1H/t7-;/m0./s1. The lowest BCUT2D eigenvalue weighted by Gasteiger charge is -2.22. The third-order valence-corrected chi connectivity index (χ3v) is 2.10. The highest BCUT2D eigenvalue weighted by Crippen LogP contribution is 2.12. The van der Waals surface area contributed by atoms with Gasteiger partial charge in [0.2, 0.25) is 0 Å². The molecule has 0 bridgehead atoms. The molecule has 0 saturated carbocycles. The van der Waals surface area contributed by atoms with Gasteiger partial charge in [-0.15, -0.1) is 12.4 Å². The third kappa shape index (κ3) is 2.60. The molecule has 0 aromatic carbocycles. The van der Waals surface area contributed by atoms with Crippen LogP contribution in [0.1, 0.15) is 11.4 Å². The summed E-state index contributed by atoms with van der Waals surface area (Å²) in [4.78, 5) is 17.9. The molecule has 1 atom stereocenters. The Labute approximate surface area is 92.8 Å². The number of hydrogen-bond acceptors (Lipinski definition) is 5. The quantitative estimate of drug-likeness (QED) is 0.695. The first kappa shape index (κ1) is 11.8. The molecular weight excluding hydrogens is 222 g/mol. The van der Waals surface area contributed by atoms with Gasteiger partial charge in [0.1, 0.15) is 0 Å². The molecule has 2 heterocycles. The van der Waals surface area contributed by atoms with Gasteiger partial charge < -0.3 is 14.5 Å². The number of halogens is 1. The normalized spacial score (nSPS) is 18.6. The Morgan fingerprint density at radius 3 is 3.20 bits per heavy atom. The third-order valence-electron chi connectivity index (χ3n) is 2.10. The summed E-state index contributed by atoms with van der Waals surface area (Å²) >= 11 is 0. The summed E-state index contributed by atoms with van der Waals surface area (Å²) in [7, 11) is 1.28. The number of fused-ring (bicyclic) bond motifs is 1. The van der Waals surface area contributed by atoms with Crippen LogP contribution < -0.4 is 5.32 Å². The number of aromatic amines is 1. The van der Waals surface area contributed by atoms with Crippen molar-refractivity contribution >= 4 is 18.6 Å². The SMILES string of the molecule is COC(=O)O[C@H]1Cc2nc[nH]c2CN1.Cl. The second-order valence-electron chi connectivity index (χ2n) is 2.97. The predicted molar refractivity (Wildman–Crippen MR) is 53.7 cm³/mol. The zero-order chi connectivity index (χ0) is 9.97. The Bertz CT molecular complexity index is 342. The Balaban J connectivity index is 0.00000112. The van der Waals surface area contributed by atoms with E-state index in [0.29, 0.717) is 13.0 Å². The second kappa shape index (κ2) is 4.99. The van der Waals surface area contributed by atoms with Gasteiger partial charge in [0, 0.05) is 13.0 Å². The molecule has 0 fully saturated rings. The van der Waals surface area contributed by atoms with E-state index in [9.17, 15) is 4.79 Å². The fourth-order valence-corrected chi connectivity index (χ4v) is 1.39. The number of ether oxygens (including phenoxy) is 2. The van der Waals surface area contributed by atoms with Crippen LogP contribution in [0.5, 0.6) is 0 Å². The van der Waals surface area contributed by atoms with E-state index in [1.165, 1.54) is 7.11 Å². The molecule has 1 aliphatic rings. The van der Waals surface area contributed by atoms with E-state index in [4.69, 9.17) is 4.74 Å². The van der Waals surface area contributed by atoms with E-state index in [1.807, 2.05) is 0 Å². The number of imidazole rings is 1. The van der Waals surface area contributed by atoms with Crippen LogP contribution in [0.2, 0.25) is 0 Å². The van der Waals surface area contributed by atoms with Crippen LogP contribution >= 0.6 is 12.4 Å². The molecule has 0 aliphatic carbocycles. The molecule has 2 rings (SSSR count). The van der Waals surface area contributed by atoms with Crippen molar-refractivity contribution in [3.8, 4) is 0 Å². The molecule has 7 heteroatoms. The zero-order valence-electron chi connectivity index (χ0n) is 8.15. The highest BCUT2D eigenvalue weighted by molar-refractivity contribution is 5.85. The van der Waals surface area contributed by atoms with E-state index < -0.39 is 6.16 Å². The predicted octanol–water partition coefficient (Wildman–Crippen LogP) is 0.586. The summed E-state index contributed by atoms with van der Waals surface area (Å²) in [6.45, 7) is 0.622. The first-order valence-corrected chi connectivity index (χ1v) is 4.28. The first-order valence-electron chi connectivity index (χ1n) is 4.28. The zero-order valence-corrected chi connectivity index (χ0v) is 8.97. The summed E-state index contributed by atoms with van der Waals surface area (Å²) in [5, 5.41) is 3.03. The fraction of sp³-hybridized carbons (Fsp3) is 0.500. The van der Waals surface area contributed by atoms with Crippen LogP contribution in [0.25, 0.3) is 0 Å². The van der Waals surface area contributed by atoms with Crippen LogP contribution in [0.15, 0.2) is 6.33 Å². The van der Waals surface area contributed by atoms with Crippen LogP contribution in [-0.2, 0) is 22.4 Å². The monoisotopic (exact) mass is 233 g/mol. The second-order valence-corrected chi connectivity index (χ2v) is 2.97. The summed E-state index contributed by atoms with van der Waals surface area (Å²) in [6, 6.07) is 0. The molecule has 0 spiro atoms. The number of hydrogen-bond donors (Lipinski definition) is 2.